The van der Waals surface area contributed by atoms with Gasteiger partial charge in [-0.1, -0.05) is 56.1 Å². The lowest BCUT2D eigenvalue weighted by Gasteiger charge is -2.23. The summed E-state index contributed by atoms with van der Waals surface area (Å²) in [6.07, 6.45) is 0.738. The van der Waals surface area contributed by atoms with Gasteiger partial charge in [-0.15, -0.1) is 0 Å². The summed E-state index contributed by atoms with van der Waals surface area (Å²) in [4.78, 5) is 29.6. The van der Waals surface area contributed by atoms with E-state index in [9.17, 15) is 9.59 Å². The van der Waals surface area contributed by atoms with Crippen molar-refractivity contribution in [3.63, 3.8) is 0 Å². The van der Waals surface area contributed by atoms with Gasteiger partial charge < -0.3 is 0 Å². The summed E-state index contributed by atoms with van der Waals surface area (Å²) in [5.41, 5.74) is 5.51. The predicted octanol–water partition coefficient (Wildman–Crippen LogP) is 6.81. The molecule has 6 rings (SSSR count). The molecule has 6 heteroatoms. The molecule has 0 saturated heterocycles. The smallest absolute Gasteiger partial charge is 0.236 e. The summed E-state index contributed by atoms with van der Waals surface area (Å²) in [6, 6.07) is 23.7. The van der Waals surface area contributed by atoms with E-state index in [2.05, 4.69) is 44.0 Å². The van der Waals surface area contributed by atoms with Gasteiger partial charge in [-0.3, -0.25) is 19.4 Å². The highest BCUT2D eigenvalue weighted by atomic mass is 79.9. The summed E-state index contributed by atoms with van der Waals surface area (Å²) < 4.78 is 1.93. The van der Waals surface area contributed by atoms with E-state index < -0.39 is 0 Å². The predicted molar refractivity (Wildman–Crippen MR) is 134 cm³/mol. The molecule has 4 nitrogen and oxygen atoms in total. The topological polar surface area (TPSA) is 40.6 Å². The first kappa shape index (κ1) is 19.7. The third-order valence-electron chi connectivity index (χ3n) is 6.11. The molecule has 0 aliphatic carbocycles. The molecular weight excluding hydrogens is 532 g/mol. The second-order valence-corrected chi connectivity index (χ2v) is 9.84. The van der Waals surface area contributed by atoms with E-state index in [-0.39, 0.29) is 11.8 Å². The fraction of sp³-hybridized carbons (Fsp3) is 0.0769. The molecule has 0 aromatic heterocycles. The molecule has 32 heavy (non-hydrogen) atoms. The summed E-state index contributed by atoms with van der Waals surface area (Å²) in [6.45, 7) is 0. The fourth-order valence-electron chi connectivity index (χ4n) is 4.74. The van der Waals surface area contributed by atoms with Crippen LogP contribution in [0.2, 0.25) is 0 Å². The summed E-state index contributed by atoms with van der Waals surface area (Å²) in [7, 11) is 0. The lowest BCUT2D eigenvalue weighted by Crippen LogP contribution is -2.21. The van der Waals surface area contributed by atoms with Crippen LogP contribution in [0.5, 0.6) is 0 Å². The first-order chi connectivity index (χ1) is 15.5. The minimum Gasteiger partial charge on any atom is -0.280 e. The number of benzene rings is 4. The molecule has 0 atom stereocenters. The van der Waals surface area contributed by atoms with Crippen molar-refractivity contribution in [2.75, 3.05) is 9.80 Å². The number of nitrogens with zero attached hydrogens (tertiary/aromatic N) is 2. The molecule has 2 amide bonds. The second kappa shape index (κ2) is 7.29. The largest absolute Gasteiger partial charge is 0.280 e. The van der Waals surface area contributed by atoms with Crippen molar-refractivity contribution >= 4 is 77.2 Å². The number of rotatable bonds is 2. The second-order valence-electron chi connectivity index (χ2n) is 8.01. The minimum absolute atomic E-state index is 0.0520. The molecule has 156 valence electrons. The van der Waals surface area contributed by atoms with Gasteiger partial charge in [0, 0.05) is 31.1 Å². The summed E-state index contributed by atoms with van der Waals surface area (Å²) in [5, 5.41) is 1.96. The maximum absolute atomic E-state index is 13.0. The van der Waals surface area contributed by atoms with Crippen molar-refractivity contribution in [2.24, 2.45) is 0 Å². The molecule has 2 heterocycles. The normalized spacial score (nSPS) is 14.9. The number of halogens is 2. The summed E-state index contributed by atoms with van der Waals surface area (Å²) in [5.74, 6) is 0.104. The minimum atomic E-state index is 0.0520. The van der Waals surface area contributed by atoms with Crippen LogP contribution >= 0.6 is 31.9 Å². The SMILES string of the molecule is O=C1Cc2ccc3c4c(ccc3c2N1c1ccc(Br)cc1)CC(=O)N4c1ccc(Br)cc1. The van der Waals surface area contributed by atoms with Crippen molar-refractivity contribution in [1.82, 2.24) is 0 Å². The van der Waals surface area contributed by atoms with Gasteiger partial charge in [0.25, 0.3) is 0 Å². The van der Waals surface area contributed by atoms with Crippen LogP contribution in [0.15, 0.2) is 81.7 Å². The zero-order chi connectivity index (χ0) is 22.0. The Morgan fingerprint density at radius 3 is 1.28 bits per heavy atom. The third-order valence-corrected chi connectivity index (χ3v) is 7.17. The van der Waals surface area contributed by atoms with E-state index >= 15 is 0 Å². The Morgan fingerprint density at radius 2 is 0.906 bits per heavy atom. The van der Waals surface area contributed by atoms with E-state index in [1.807, 2.05) is 60.7 Å². The number of carbonyl (C=O) groups is 2. The van der Waals surface area contributed by atoms with E-state index in [0.717, 1.165) is 53.6 Å². The van der Waals surface area contributed by atoms with E-state index in [1.54, 1.807) is 9.80 Å². The van der Waals surface area contributed by atoms with Crippen molar-refractivity contribution < 1.29 is 9.59 Å². The lowest BCUT2D eigenvalue weighted by molar-refractivity contribution is -0.117. The van der Waals surface area contributed by atoms with E-state index in [0.29, 0.717) is 12.8 Å². The Hall–Kier alpha value is -2.96. The molecule has 0 unspecified atom stereocenters. The highest BCUT2D eigenvalue weighted by Crippen LogP contribution is 2.47. The van der Waals surface area contributed by atoms with Gasteiger partial charge in [0.1, 0.15) is 0 Å². The number of fused-ring (bicyclic) bond motifs is 5. The van der Waals surface area contributed by atoms with Crippen LogP contribution in [-0.4, -0.2) is 11.8 Å². The molecule has 0 fully saturated rings. The Morgan fingerprint density at radius 1 is 0.531 bits per heavy atom. The van der Waals surface area contributed by atoms with Crippen LogP contribution in [0.3, 0.4) is 0 Å². The van der Waals surface area contributed by atoms with Crippen LogP contribution in [0.4, 0.5) is 22.7 Å². The molecule has 4 aromatic carbocycles. The standard InChI is InChI=1S/C26H16Br2N2O2/c27-17-3-7-19(8-4-17)29-23(31)13-15-1-11-21-22(25(15)29)12-2-16-14-24(32)30(26(16)21)20-9-5-18(28)6-10-20/h1-12H,13-14H2. The molecule has 0 N–H and O–H groups in total. The zero-order valence-electron chi connectivity index (χ0n) is 16.8. The number of hydrogen-bond donors (Lipinski definition) is 0. The maximum Gasteiger partial charge on any atom is 0.236 e. The number of hydrogen-bond acceptors (Lipinski definition) is 2. The van der Waals surface area contributed by atoms with Crippen molar-refractivity contribution in [1.29, 1.82) is 0 Å². The van der Waals surface area contributed by atoms with Crippen LogP contribution < -0.4 is 9.80 Å². The van der Waals surface area contributed by atoms with Gasteiger partial charge in [0.2, 0.25) is 11.8 Å². The molecule has 0 saturated carbocycles. The lowest BCUT2D eigenvalue weighted by atomic mass is 9.99. The highest BCUT2D eigenvalue weighted by Gasteiger charge is 2.34. The average Bonchev–Trinajstić information content (AvgIpc) is 3.30. The van der Waals surface area contributed by atoms with Crippen LogP contribution in [0.25, 0.3) is 10.8 Å². The van der Waals surface area contributed by atoms with Gasteiger partial charge in [0.15, 0.2) is 0 Å². The average molecular weight is 548 g/mol. The zero-order valence-corrected chi connectivity index (χ0v) is 20.0. The third kappa shape index (κ3) is 2.93. The molecule has 4 aromatic rings. The molecule has 0 radical (unpaired) electrons. The Labute approximate surface area is 201 Å². The molecule has 0 spiro atoms. The number of carbonyl (C=O) groups excluding carboxylic acids is 2. The fourth-order valence-corrected chi connectivity index (χ4v) is 5.27. The Bertz CT molecular complexity index is 1320. The van der Waals surface area contributed by atoms with Crippen molar-refractivity contribution in [2.45, 2.75) is 12.8 Å². The Balaban J connectivity index is 1.58. The van der Waals surface area contributed by atoms with Gasteiger partial charge in [-0.2, -0.15) is 0 Å². The first-order valence-electron chi connectivity index (χ1n) is 10.3. The van der Waals surface area contributed by atoms with Crippen LogP contribution in [0.1, 0.15) is 11.1 Å². The Kier molecular flexibility index (Phi) is 4.49. The first-order valence-corrected chi connectivity index (χ1v) is 11.8. The molecule has 2 aliphatic heterocycles. The highest BCUT2D eigenvalue weighted by molar-refractivity contribution is 9.10. The van der Waals surface area contributed by atoms with Gasteiger partial charge in [-0.05, 0) is 59.7 Å². The summed E-state index contributed by atoms with van der Waals surface area (Å²) >= 11 is 6.94. The van der Waals surface area contributed by atoms with Crippen LogP contribution in [-0.2, 0) is 22.4 Å². The van der Waals surface area contributed by atoms with E-state index in [4.69, 9.17) is 0 Å². The molecule has 2 aliphatic rings. The van der Waals surface area contributed by atoms with E-state index in [1.165, 1.54) is 0 Å². The van der Waals surface area contributed by atoms with Gasteiger partial charge in [-0.25, -0.2) is 0 Å². The van der Waals surface area contributed by atoms with Crippen molar-refractivity contribution in [3.05, 3.63) is 92.9 Å². The monoisotopic (exact) mass is 546 g/mol. The van der Waals surface area contributed by atoms with Gasteiger partial charge in [0.05, 0.1) is 24.2 Å². The molecule has 0 bridgehead atoms. The van der Waals surface area contributed by atoms with Crippen LogP contribution in [0, 0.1) is 0 Å². The van der Waals surface area contributed by atoms with Gasteiger partial charge >= 0.3 is 0 Å². The maximum atomic E-state index is 13.0. The number of anilines is 4. The van der Waals surface area contributed by atoms with Crippen molar-refractivity contribution in [3.8, 4) is 0 Å². The molecular formula is C26H16Br2N2O2. The number of amides is 2. The quantitative estimate of drug-likeness (QED) is 0.277.